The highest BCUT2D eigenvalue weighted by atomic mass is 15.2. The van der Waals surface area contributed by atoms with Crippen LogP contribution >= 0.6 is 0 Å². The average molecular weight is 250 g/mol. The summed E-state index contributed by atoms with van der Waals surface area (Å²) in [6.45, 7) is 13.9. The van der Waals surface area contributed by atoms with Gasteiger partial charge in [0.1, 0.15) is 0 Å². The van der Waals surface area contributed by atoms with Crippen molar-refractivity contribution in [1.82, 2.24) is 9.80 Å². The fraction of sp³-hybridized carbons (Fsp3) is 0.625. The molecule has 0 N–H and O–H groups in total. The van der Waals surface area contributed by atoms with Gasteiger partial charge in [-0.3, -0.25) is 4.90 Å². The third-order valence-electron chi connectivity index (χ3n) is 2.89. The van der Waals surface area contributed by atoms with E-state index in [0.29, 0.717) is 0 Å². The van der Waals surface area contributed by atoms with E-state index in [0.717, 1.165) is 6.54 Å². The maximum Gasteiger partial charge on any atom is 0.0234 e. The summed E-state index contributed by atoms with van der Waals surface area (Å²) in [5.74, 6) is 0. The summed E-state index contributed by atoms with van der Waals surface area (Å²) in [4.78, 5) is 4.91. The molecule has 1 aliphatic heterocycles. The molecule has 1 rings (SSSR count). The van der Waals surface area contributed by atoms with Crippen molar-refractivity contribution in [2.24, 2.45) is 0 Å². The zero-order valence-electron chi connectivity index (χ0n) is 12.8. The Morgan fingerprint density at radius 3 is 2.11 bits per heavy atom. The molecular formula is C16H30N2. The Labute approximate surface area is 114 Å². The molecule has 18 heavy (non-hydrogen) atoms. The molecule has 1 heterocycles. The Morgan fingerprint density at radius 1 is 1.00 bits per heavy atom. The van der Waals surface area contributed by atoms with Crippen molar-refractivity contribution >= 4 is 0 Å². The molecule has 0 amide bonds. The van der Waals surface area contributed by atoms with Crippen LogP contribution in [0.1, 0.15) is 27.7 Å². The van der Waals surface area contributed by atoms with Gasteiger partial charge >= 0.3 is 0 Å². The molecule has 104 valence electrons. The number of hydrogen-bond acceptors (Lipinski definition) is 2. The van der Waals surface area contributed by atoms with Gasteiger partial charge in [0.2, 0.25) is 0 Å². The molecule has 0 radical (unpaired) electrons. The van der Waals surface area contributed by atoms with Crippen LogP contribution in [-0.2, 0) is 0 Å². The van der Waals surface area contributed by atoms with Crippen LogP contribution in [0.4, 0.5) is 0 Å². The largest absolute Gasteiger partial charge is 0.304 e. The van der Waals surface area contributed by atoms with Crippen molar-refractivity contribution in [3.05, 3.63) is 36.0 Å². The molecule has 0 bridgehead atoms. The molecule has 0 atom stereocenters. The van der Waals surface area contributed by atoms with Gasteiger partial charge in [0.15, 0.2) is 0 Å². The maximum atomic E-state index is 2.52. The number of piperazine rings is 1. The molecule has 2 heteroatoms. The first-order chi connectivity index (χ1) is 8.76. The van der Waals surface area contributed by atoms with E-state index in [9.17, 15) is 0 Å². The Morgan fingerprint density at radius 2 is 1.61 bits per heavy atom. The second-order valence-corrected chi connectivity index (χ2v) is 4.35. The molecule has 0 spiro atoms. The lowest BCUT2D eigenvalue weighted by molar-refractivity contribution is 0.165. The predicted molar refractivity (Wildman–Crippen MR) is 83.0 cm³/mol. The first-order valence-electron chi connectivity index (χ1n) is 7.11. The zero-order chi connectivity index (χ0) is 13.8. The van der Waals surface area contributed by atoms with Crippen molar-refractivity contribution in [2.75, 3.05) is 39.8 Å². The molecule has 0 aromatic heterocycles. The van der Waals surface area contributed by atoms with Crippen LogP contribution in [0.3, 0.4) is 0 Å². The highest BCUT2D eigenvalue weighted by Crippen LogP contribution is 2.06. The zero-order valence-corrected chi connectivity index (χ0v) is 12.8. The third kappa shape index (κ3) is 7.46. The summed E-state index contributed by atoms with van der Waals surface area (Å²) in [7, 11) is 2.19. The van der Waals surface area contributed by atoms with E-state index in [1.807, 2.05) is 13.8 Å². The minimum Gasteiger partial charge on any atom is -0.304 e. The quantitative estimate of drug-likeness (QED) is 0.706. The van der Waals surface area contributed by atoms with Crippen molar-refractivity contribution in [3.63, 3.8) is 0 Å². The van der Waals surface area contributed by atoms with E-state index in [2.05, 4.69) is 61.1 Å². The van der Waals surface area contributed by atoms with Crippen LogP contribution < -0.4 is 0 Å². The molecular weight excluding hydrogens is 220 g/mol. The summed E-state index contributed by atoms with van der Waals surface area (Å²) >= 11 is 0. The SMILES string of the molecule is CC.C\C=C/C=C(\C=C/C)CN1CCN(C)CC1. The Kier molecular flexibility index (Phi) is 10.7. The Balaban J connectivity index is 0.00000137. The van der Waals surface area contributed by atoms with E-state index >= 15 is 0 Å². The lowest BCUT2D eigenvalue weighted by atomic mass is 10.2. The Bertz CT molecular complexity index is 269. The number of rotatable bonds is 4. The van der Waals surface area contributed by atoms with Crippen LogP contribution in [0.2, 0.25) is 0 Å². The number of nitrogens with zero attached hydrogens (tertiary/aromatic N) is 2. The second-order valence-electron chi connectivity index (χ2n) is 4.35. The van der Waals surface area contributed by atoms with Crippen LogP contribution in [0.5, 0.6) is 0 Å². The lowest BCUT2D eigenvalue weighted by Crippen LogP contribution is -2.44. The molecule has 1 aliphatic rings. The number of hydrogen-bond donors (Lipinski definition) is 0. The maximum absolute atomic E-state index is 2.52. The third-order valence-corrected chi connectivity index (χ3v) is 2.89. The summed E-state index contributed by atoms with van der Waals surface area (Å²) in [6, 6.07) is 0. The van der Waals surface area contributed by atoms with Gasteiger partial charge in [-0.1, -0.05) is 44.2 Å². The van der Waals surface area contributed by atoms with E-state index < -0.39 is 0 Å². The van der Waals surface area contributed by atoms with E-state index in [1.54, 1.807) is 0 Å². The van der Waals surface area contributed by atoms with Gasteiger partial charge in [-0.05, 0) is 26.5 Å². The Hall–Kier alpha value is -0.860. The molecule has 0 aromatic rings. The van der Waals surface area contributed by atoms with Crippen molar-refractivity contribution < 1.29 is 0 Å². The highest BCUT2D eigenvalue weighted by molar-refractivity contribution is 5.24. The molecule has 0 unspecified atom stereocenters. The van der Waals surface area contributed by atoms with Crippen LogP contribution in [0.15, 0.2) is 36.0 Å². The summed E-state index contributed by atoms with van der Waals surface area (Å²) in [5, 5.41) is 0. The van der Waals surface area contributed by atoms with Gasteiger partial charge in [0.25, 0.3) is 0 Å². The smallest absolute Gasteiger partial charge is 0.0234 e. The first kappa shape index (κ1) is 17.1. The van der Waals surface area contributed by atoms with E-state index in [1.165, 1.54) is 31.8 Å². The standard InChI is InChI=1S/C14H24N2.C2H6/c1-4-6-8-14(7-5-2)13-16-11-9-15(3)10-12-16;1-2/h4-8H,9-13H2,1-3H3;1-2H3/b6-4-,7-5-,14-8+;. The topological polar surface area (TPSA) is 6.48 Å². The highest BCUT2D eigenvalue weighted by Gasteiger charge is 2.13. The fourth-order valence-electron chi connectivity index (χ4n) is 1.86. The normalized spacial score (nSPS) is 19.3. The van der Waals surface area contributed by atoms with Crippen LogP contribution in [0, 0.1) is 0 Å². The summed E-state index contributed by atoms with van der Waals surface area (Å²) < 4.78 is 0. The molecule has 0 aromatic carbocycles. The molecule has 0 aliphatic carbocycles. The van der Waals surface area contributed by atoms with Crippen LogP contribution in [-0.4, -0.2) is 49.6 Å². The minimum atomic E-state index is 1.07. The fourth-order valence-corrected chi connectivity index (χ4v) is 1.86. The van der Waals surface area contributed by atoms with Gasteiger partial charge in [-0.2, -0.15) is 0 Å². The van der Waals surface area contributed by atoms with Gasteiger partial charge < -0.3 is 4.90 Å². The lowest BCUT2D eigenvalue weighted by Gasteiger charge is -2.32. The van der Waals surface area contributed by atoms with Crippen molar-refractivity contribution in [3.8, 4) is 0 Å². The molecule has 0 saturated carbocycles. The number of likely N-dealkylation sites (N-methyl/N-ethyl adjacent to an activating group) is 1. The van der Waals surface area contributed by atoms with E-state index in [-0.39, 0.29) is 0 Å². The van der Waals surface area contributed by atoms with Gasteiger partial charge in [0, 0.05) is 32.7 Å². The van der Waals surface area contributed by atoms with Gasteiger partial charge in [0.05, 0.1) is 0 Å². The molecule has 2 nitrogen and oxygen atoms in total. The molecule has 1 fully saturated rings. The van der Waals surface area contributed by atoms with Gasteiger partial charge in [-0.15, -0.1) is 0 Å². The van der Waals surface area contributed by atoms with Crippen LogP contribution in [0.25, 0.3) is 0 Å². The van der Waals surface area contributed by atoms with E-state index in [4.69, 9.17) is 0 Å². The first-order valence-corrected chi connectivity index (χ1v) is 7.11. The van der Waals surface area contributed by atoms with Crippen molar-refractivity contribution in [1.29, 1.82) is 0 Å². The summed E-state index contributed by atoms with van der Waals surface area (Å²) in [5.41, 5.74) is 1.39. The average Bonchev–Trinajstić information content (AvgIpc) is 2.41. The number of allylic oxidation sites excluding steroid dienone is 4. The van der Waals surface area contributed by atoms with Gasteiger partial charge in [-0.25, -0.2) is 0 Å². The predicted octanol–water partition coefficient (Wildman–Crippen LogP) is 3.34. The minimum absolute atomic E-state index is 1.07. The van der Waals surface area contributed by atoms with Crippen molar-refractivity contribution in [2.45, 2.75) is 27.7 Å². The second kappa shape index (κ2) is 11.2. The molecule has 1 saturated heterocycles. The monoisotopic (exact) mass is 250 g/mol. The summed E-state index contributed by atoms with van der Waals surface area (Å²) in [6.07, 6.45) is 10.7.